The zero-order valence-corrected chi connectivity index (χ0v) is 16.1. The largest absolute Gasteiger partial charge is 0.398 e. The second-order valence-electron chi connectivity index (χ2n) is 6.14. The Kier molecular flexibility index (Phi) is 6.15. The SMILES string of the molecule is C/C(C(=Nc1ccccc1)c1ccc(Cl)cc1Cl)=C(/N)C1=CCNCC1. The molecule has 0 spiro atoms. The maximum atomic E-state index is 6.50. The molecule has 2 aromatic rings. The van der Waals surface area contributed by atoms with Crippen LogP contribution in [0.1, 0.15) is 18.9 Å². The summed E-state index contributed by atoms with van der Waals surface area (Å²) in [5.41, 5.74) is 11.7. The van der Waals surface area contributed by atoms with Crippen LogP contribution in [0, 0.1) is 0 Å². The van der Waals surface area contributed by atoms with E-state index in [4.69, 9.17) is 33.9 Å². The molecular weight excluding hydrogens is 365 g/mol. The molecule has 5 heteroatoms. The first kappa shape index (κ1) is 18.7. The number of nitrogens with two attached hydrogens (primary N) is 1. The van der Waals surface area contributed by atoms with Crippen LogP contribution in [-0.4, -0.2) is 18.8 Å². The number of allylic oxidation sites excluding steroid dienone is 2. The third-order valence-electron chi connectivity index (χ3n) is 4.35. The molecule has 0 fully saturated rings. The van der Waals surface area contributed by atoms with Gasteiger partial charge in [0.05, 0.1) is 16.4 Å². The number of rotatable bonds is 4. The number of hydrogen-bond donors (Lipinski definition) is 2. The summed E-state index contributed by atoms with van der Waals surface area (Å²) in [4.78, 5) is 4.84. The summed E-state index contributed by atoms with van der Waals surface area (Å²) in [5.74, 6) is 0. The number of aliphatic imine (C=N–C) groups is 1. The molecule has 1 heterocycles. The van der Waals surface area contributed by atoms with Gasteiger partial charge in [-0.05, 0) is 61.4 Å². The summed E-state index contributed by atoms with van der Waals surface area (Å²) in [7, 11) is 0. The van der Waals surface area contributed by atoms with Gasteiger partial charge in [-0.2, -0.15) is 0 Å². The van der Waals surface area contributed by atoms with Gasteiger partial charge >= 0.3 is 0 Å². The highest BCUT2D eigenvalue weighted by atomic mass is 35.5. The molecule has 1 aliphatic heterocycles. The Balaban J connectivity index is 2.14. The summed E-state index contributed by atoms with van der Waals surface area (Å²) in [5, 5.41) is 4.45. The first-order valence-electron chi connectivity index (χ1n) is 8.52. The Labute approximate surface area is 164 Å². The summed E-state index contributed by atoms with van der Waals surface area (Å²) >= 11 is 12.5. The Morgan fingerprint density at radius 3 is 2.54 bits per heavy atom. The molecule has 3 nitrogen and oxygen atoms in total. The van der Waals surface area contributed by atoms with Crippen molar-refractivity contribution in [3.63, 3.8) is 0 Å². The number of halogens is 2. The molecule has 0 unspecified atom stereocenters. The maximum absolute atomic E-state index is 6.50. The number of hydrogen-bond acceptors (Lipinski definition) is 3. The smallest absolute Gasteiger partial charge is 0.0773 e. The minimum atomic E-state index is 0.554. The van der Waals surface area contributed by atoms with E-state index in [2.05, 4.69) is 11.4 Å². The van der Waals surface area contributed by atoms with E-state index in [0.717, 1.165) is 53.3 Å². The van der Waals surface area contributed by atoms with E-state index in [-0.39, 0.29) is 0 Å². The fourth-order valence-corrected chi connectivity index (χ4v) is 3.39. The average Bonchev–Trinajstić information content (AvgIpc) is 2.67. The van der Waals surface area contributed by atoms with Gasteiger partial charge < -0.3 is 11.1 Å². The van der Waals surface area contributed by atoms with Gasteiger partial charge in [0.25, 0.3) is 0 Å². The van der Waals surface area contributed by atoms with Crippen LogP contribution in [-0.2, 0) is 0 Å². The predicted octanol–water partition coefficient (Wildman–Crippen LogP) is 5.27. The predicted molar refractivity (Wildman–Crippen MR) is 112 cm³/mol. The zero-order chi connectivity index (χ0) is 18.5. The molecule has 0 aromatic heterocycles. The molecule has 0 saturated carbocycles. The molecular formula is C21H21Cl2N3. The van der Waals surface area contributed by atoms with Crippen LogP contribution in [0.25, 0.3) is 0 Å². The standard InChI is InChI=1S/C21H21Cl2N3/c1-14(20(24)15-9-11-25-12-10-15)21(26-17-5-3-2-4-6-17)18-8-7-16(22)13-19(18)23/h2-9,13,25H,10-12,24H2,1H3/b20-14-,26-21?. The van der Waals surface area contributed by atoms with Crippen molar-refractivity contribution in [1.29, 1.82) is 0 Å². The monoisotopic (exact) mass is 385 g/mol. The lowest BCUT2D eigenvalue weighted by atomic mass is 9.96. The summed E-state index contributed by atoms with van der Waals surface area (Å²) < 4.78 is 0. The topological polar surface area (TPSA) is 50.4 Å². The van der Waals surface area contributed by atoms with Gasteiger partial charge in [-0.25, -0.2) is 4.99 Å². The van der Waals surface area contributed by atoms with E-state index >= 15 is 0 Å². The van der Waals surface area contributed by atoms with Crippen molar-refractivity contribution in [1.82, 2.24) is 5.32 Å². The summed E-state index contributed by atoms with van der Waals surface area (Å²) in [6.07, 6.45) is 3.03. The number of nitrogens with one attached hydrogen (secondary N) is 1. The van der Waals surface area contributed by atoms with Crippen molar-refractivity contribution in [2.45, 2.75) is 13.3 Å². The maximum Gasteiger partial charge on any atom is 0.0773 e. The van der Waals surface area contributed by atoms with E-state index in [0.29, 0.717) is 10.0 Å². The van der Waals surface area contributed by atoms with E-state index in [1.54, 1.807) is 6.07 Å². The van der Waals surface area contributed by atoms with Crippen molar-refractivity contribution in [2.24, 2.45) is 10.7 Å². The molecule has 0 bridgehead atoms. The second kappa shape index (κ2) is 8.54. The van der Waals surface area contributed by atoms with Crippen LogP contribution in [0.15, 0.2) is 76.4 Å². The van der Waals surface area contributed by atoms with Crippen LogP contribution in [0.5, 0.6) is 0 Å². The molecule has 134 valence electrons. The van der Waals surface area contributed by atoms with Gasteiger partial charge in [-0.1, -0.05) is 47.5 Å². The second-order valence-corrected chi connectivity index (χ2v) is 6.99. The van der Waals surface area contributed by atoms with Gasteiger partial charge in [0.2, 0.25) is 0 Å². The molecule has 1 aliphatic rings. The summed E-state index contributed by atoms with van der Waals surface area (Å²) in [6, 6.07) is 15.2. The van der Waals surface area contributed by atoms with Crippen molar-refractivity contribution in [2.75, 3.05) is 13.1 Å². The fraction of sp³-hybridized carbons (Fsp3) is 0.190. The van der Waals surface area contributed by atoms with Crippen molar-refractivity contribution >= 4 is 34.6 Å². The average molecular weight is 386 g/mol. The lowest BCUT2D eigenvalue weighted by Gasteiger charge is -2.18. The Bertz CT molecular complexity index is 883. The normalized spacial score (nSPS) is 16.1. The molecule has 2 aromatic carbocycles. The number of benzene rings is 2. The molecule has 0 atom stereocenters. The third kappa shape index (κ3) is 4.36. The lowest BCUT2D eigenvalue weighted by molar-refractivity contribution is 0.705. The van der Waals surface area contributed by atoms with Gasteiger partial charge in [0, 0.05) is 22.8 Å². The van der Waals surface area contributed by atoms with Gasteiger partial charge in [-0.15, -0.1) is 0 Å². The Morgan fingerprint density at radius 2 is 1.88 bits per heavy atom. The van der Waals surface area contributed by atoms with Crippen LogP contribution in [0.3, 0.4) is 0 Å². The lowest BCUT2D eigenvalue weighted by Crippen LogP contribution is -2.23. The number of nitrogens with zero attached hydrogens (tertiary/aromatic N) is 1. The highest BCUT2D eigenvalue weighted by Gasteiger charge is 2.16. The Hall–Kier alpha value is -2.07. The van der Waals surface area contributed by atoms with Gasteiger partial charge in [0.15, 0.2) is 0 Å². The molecule has 0 aliphatic carbocycles. The molecule has 3 rings (SSSR count). The zero-order valence-electron chi connectivity index (χ0n) is 14.6. The van der Waals surface area contributed by atoms with Crippen LogP contribution in [0.2, 0.25) is 10.0 Å². The van der Waals surface area contributed by atoms with Gasteiger partial charge in [0.1, 0.15) is 0 Å². The summed E-state index contributed by atoms with van der Waals surface area (Å²) in [6.45, 7) is 3.74. The van der Waals surface area contributed by atoms with Gasteiger partial charge in [-0.3, -0.25) is 0 Å². The minimum absolute atomic E-state index is 0.554. The van der Waals surface area contributed by atoms with Crippen LogP contribution in [0.4, 0.5) is 5.69 Å². The highest BCUT2D eigenvalue weighted by molar-refractivity contribution is 6.38. The molecule has 0 saturated heterocycles. The minimum Gasteiger partial charge on any atom is -0.398 e. The van der Waals surface area contributed by atoms with Crippen molar-refractivity contribution < 1.29 is 0 Å². The van der Waals surface area contributed by atoms with Crippen molar-refractivity contribution in [3.05, 3.63) is 87.1 Å². The number of para-hydroxylation sites is 1. The molecule has 0 amide bonds. The highest BCUT2D eigenvalue weighted by Crippen LogP contribution is 2.28. The fourth-order valence-electron chi connectivity index (χ4n) is 2.89. The van der Waals surface area contributed by atoms with Crippen LogP contribution < -0.4 is 11.1 Å². The van der Waals surface area contributed by atoms with E-state index < -0.39 is 0 Å². The molecule has 3 N–H and O–H groups in total. The first-order valence-corrected chi connectivity index (χ1v) is 9.28. The van der Waals surface area contributed by atoms with E-state index in [9.17, 15) is 0 Å². The third-order valence-corrected chi connectivity index (χ3v) is 4.90. The van der Waals surface area contributed by atoms with E-state index in [1.165, 1.54) is 0 Å². The van der Waals surface area contributed by atoms with E-state index in [1.807, 2.05) is 49.4 Å². The van der Waals surface area contributed by atoms with Crippen molar-refractivity contribution in [3.8, 4) is 0 Å². The quantitative estimate of drug-likeness (QED) is 0.704. The molecule has 26 heavy (non-hydrogen) atoms. The Morgan fingerprint density at radius 1 is 1.12 bits per heavy atom. The first-order chi connectivity index (χ1) is 12.6. The molecule has 0 radical (unpaired) electrons. The van der Waals surface area contributed by atoms with Crippen LogP contribution >= 0.6 is 23.2 Å².